The fourth-order valence-electron chi connectivity index (χ4n) is 2.16. The number of sulfonamides is 1. The molecule has 0 spiro atoms. The van der Waals surface area contributed by atoms with Crippen molar-refractivity contribution in [3.8, 4) is 5.75 Å². The minimum absolute atomic E-state index is 0.00127. The molecule has 1 aliphatic carbocycles. The van der Waals surface area contributed by atoms with E-state index in [0.29, 0.717) is 11.5 Å². The molecule has 1 aliphatic rings. The molecule has 0 unspecified atom stereocenters. The molecule has 0 saturated heterocycles. The molecule has 2 aromatic rings. The van der Waals surface area contributed by atoms with Gasteiger partial charge in [-0.05, 0) is 49.2 Å². The molecule has 2 N–H and O–H groups in total. The predicted molar refractivity (Wildman–Crippen MR) is 92.7 cm³/mol. The van der Waals surface area contributed by atoms with Crippen LogP contribution in [0.2, 0.25) is 0 Å². The summed E-state index contributed by atoms with van der Waals surface area (Å²) in [6.45, 7) is 0. The van der Waals surface area contributed by atoms with Crippen LogP contribution in [0, 0.1) is 0 Å². The fourth-order valence-corrected chi connectivity index (χ4v) is 3.49. The third-order valence-electron chi connectivity index (χ3n) is 3.58. The lowest BCUT2D eigenvalue weighted by Gasteiger charge is -2.12. The van der Waals surface area contributed by atoms with E-state index in [1.165, 1.54) is 43.7 Å². The van der Waals surface area contributed by atoms with Gasteiger partial charge in [0.1, 0.15) is 11.5 Å². The lowest BCUT2D eigenvalue weighted by molar-refractivity contribution is -0.111. The van der Waals surface area contributed by atoms with Gasteiger partial charge in [0, 0.05) is 12.1 Å². The number of ether oxygens (including phenoxy) is 1. The minimum atomic E-state index is -3.62. The van der Waals surface area contributed by atoms with Crippen LogP contribution in [0.1, 0.15) is 18.6 Å². The van der Waals surface area contributed by atoms with E-state index in [-0.39, 0.29) is 16.6 Å². The molecule has 0 aliphatic heterocycles. The molecule has 0 radical (unpaired) electrons. The standard InChI is InChI=1S/C17H18N2O5S/c1-23-16-8-7-14(25(21,22)19-12-4-5-12)11-15(16)18-17(20)9-6-13-3-2-10-24-13/h2-3,6-12,19H,4-5H2,1H3,(H,18,20)/b9-6+. The first kappa shape index (κ1) is 17.2. The second kappa shape index (κ2) is 7.12. The van der Waals surface area contributed by atoms with Crippen LogP contribution in [0.5, 0.6) is 5.75 Å². The summed E-state index contributed by atoms with van der Waals surface area (Å²) in [5.74, 6) is 0.469. The first-order valence-electron chi connectivity index (χ1n) is 7.71. The normalized spacial score (nSPS) is 14.6. The highest BCUT2D eigenvalue weighted by Gasteiger charge is 2.28. The zero-order valence-corrected chi connectivity index (χ0v) is 14.4. The molecule has 1 aromatic carbocycles. The van der Waals surface area contributed by atoms with Crippen molar-refractivity contribution in [3.05, 3.63) is 48.4 Å². The van der Waals surface area contributed by atoms with Gasteiger partial charge in [0.15, 0.2) is 0 Å². The van der Waals surface area contributed by atoms with Crippen LogP contribution in [0.15, 0.2) is 52.0 Å². The van der Waals surface area contributed by atoms with E-state index in [9.17, 15) is 13.2 Å². The number of anilines is 1. The molecule has 132 valence electrons. The zero-order valence-electron chi connectivity index (χ0n) is 13.6. The van der Waals surface area contributed by atoms with E-state index >= 15 is 0 Å². The number of nitrogens with one attached hydrogen (secondary N) is 2. The Bertz CT molecular complexity index is 884. The molecule has 3 rings (SSSR count). The Morgan fingerprint density at radius 2 is 2.12 bits per heavy atom. The van der Waals surface area contributed by atoms with Crippen molar-refractivity contribution in [2.75, 3.05) is 12.4 Å². The molecule has 8 heteroatoms. The molecule has 1 aromatic heterocycles. The van der Waals surface area contributed by atoms with Gasteiger partial charge in [0.2, 0.25) is 15.9 Å². The number of hydrogen-bond acceptors (Lipinski definition) is 5. The number of carbonyl (C=O) groups excluding carboxylic acids is 1. The molecule has 1 saturated carbocycles. The Balaban J connectivity index is 1.79. The summed E-state index contributed by atoms with van der Waals surface area (Å²) in [7, 11) is -2.17. The van der Waals surface area contributed by atoms with Gasteiger partial charge >= 0.3 is 0 Å². The van der Waals surface area contributed by atoms with Gasteiger partial charge in [-0.1, -0.05) is 0 Å². The largest absolute Gasteiger partial charge is 0.495 e. The molecule has 1 amide bonds. The first-order chi connectivity index (χ1) is 12.0. The molecule has 0 atom stereocenters. The van der Waals surface area contributed by atoms with Crippen LogP contribution in [-0.2, 0) is 14.8 Å². The third kappa shape index (κ3) is 4.49. The van der Waals surface area contributed by atoms with Crippen LogP contribution in [0.25, 0.3) is 6.08 Å². The van der Waals surface area contributed by atoms with Gasteiger partial charge in [-0.2, -0.15) is 0 Å². The summed E-state index contributed by atoms with van der Waals surface area (Å²) in [4.78, 5) is 12.1. The maximum atomic E-state index is 12.3. The maximum absolute atomic E-state index is 12.3. The Morgan fingerprint density at radius 1 is 1.32 bits per heavy atom. The highest BCUT2D eigenvalue weighted by Crippen LogP contribution is 2.29. The Morgan fingerprint density at radius 3 is 2.76 bits per heavy atom. The molecular weight excluding hydrogens is 344 g/mol. The SMILES string of the molecule is COc1ccc(S(=O)(=O)NC2CC2)cc1NC(=O)/C=C/c1ccco1. The molecule has 25 heavy (non-hydrogen) atoms. The van der Waals surface area contributed by atoms with Crippen molar-refractivity contribution in [2.45, 2.75) is 23.8 Å². The smallest absolute Gasteiger partial charge is 0.248 e. The highest BCUT2D eigenvalue weighted by molar-refractivity contribution is 7.89. The highest BCUT2D eigenvalue weighted by atomic mass is 32.2. The first-order valence-corrected chi connectivity index (χ1v) is 9.19. The summed E-state index contributed by atoms with van der Waals surface area (Å²) in [5.41, 5.74) is 0.273. The Hall–Kier alpha value is -2.58. The maximum Gasteiger partial charge on any atom is 0.248 e. The van der Waals surface area contributed by atoms with Crippen molar-refractivity contribution in [1.82, 2.24) is 4.72 Å². The summed E-state index contributed by atoms with van der Waals surface area (Å²) in [6, 6.07) is 7.75. The number of benzene rings is 1. The predicted octanol–water partition coefficient (Wildman–Crippen LogP) is 2.38. The van der Waals surface area contributed by atoms with Gasteiger partial charge in [0.05, 0.1) is 24.0 Å². The zero-order chi connectivity index (χ0) is 17.9. The summed E-state index contributed by atoms with van der Waals surface area (Å²) < 4.78 is 37.5. The van der Waals surface area contributed by atoms with E-state index in [4.69, 9.17) is 9.15 Å². The quantitative estimate of drug-likeness (QED) is 0.737. The van der Waals surface area contributed by atoms with Gasteiger partial charge in [-0.25, -0.2) is 13.1 Å². The topological polar surface area (TPSA) is 97.6 Å². The Labute approximate surface area is 145 Å². The van der Waals surface area contributed by atoms with Gasteiger partial charge in [0.25, 0.3) is 0 Å². The second-order valence-corrected chi connectivity index (χ2v) is 7.31. The average molecular weight is 362 g/mol. The molecule has 1 fully saturated rings. The number of hydrogen-bond donors (Lipinski definition) is 2. The van der Waals surface area contributed by atoms with Crippen molar-refractivity contribution >= 4 is 27.7 Å². The van der Waals surface area contributed by atoms with Gasteiger partial charge < -0.3 is 14.5 Å². The van der Waals surface area contributed by atoms with Crippen LogP contribution in [0.4, 0.5) is 5.69 Å². The number of carbonyl (C=O) groups is 1. The van der Waals surface area contributed by atoms with Gasteiger partial charge in [-0.15, -0.1) is 0 Å². The number of rotatable bonds is 7. The van der Waals surface area contributed by atoms with E-state index in [1.807, 2.05) is 0 Å². The van der Waals surface area contributed by atoms with Crippen molar-refractivity contribution in [3.63, 3.8) is 0 Å². The second-order valence-electron chi connectivity index (χ2n) is 5.60. The summed E-state index contributed by atoms with van der Waals surface area (Å²) in [5, 5.41) is 2.62. The van der Waals surface area contributed by atoms with Crippen LogP contribution in [-0.4, -0.2) is 27.5 Å². The fraction of sp³-hybridized carbons (Fsp3) is 0.235. The summed E-state index contributed by atoms with van der Waals surface area (Å²) in [6.07, 6.45) is 5.99. The van der Waals surface area contributed by atoms with E-state index in [2.05, 4.69) is 10.0 Å². The van der Waals surface area contributed by atoms with Crippen LogP contribution < -0.4 is 14.8 Å². The van der Waals surface area contributed by atoms with Crippen molar-refractivity contribution < 1.29 is 22.4 Å². The van der Waals surface area contributed by atoms with Gasteiger partial charge in [-0.3, -0.25) is 4.79 Å². The van der Waals surface area contributed by atoms with E-state index in [1.54, 1.807) is 12.1 Å². The van der Waals surface area contributed by atoms with Crippen LogP contribution >= 0.6 is 0 Å². The molecule has 1 heterocycles. The van der Waals surface area contributed by atoms with Crippen molar-refractivity contribution in [2.24, 2.45) is 0 Å². The molecule has 7 nitrogen and oxygen atoms in total. The third-order valence-corrected chi connectivity index (χ3v) is 5.10. The molecule has 0 bridgehead atoms. The van der Waals surface area contributed by atoms with Crippen LogP contribution in [0.3, 0.4) is 0 Å². The number of amides is 1. The van der Waals surface area contributed by atoms with E-state index < -0.39 is 15.9 Å². The average Bonchev–Trinajstić information content (AvgIpc) is 3.23. The monoisotopic (exact) mass is 362 g/mol. The lowest BCUT2D eigenvalue weighted by Crippen LogP contribution is -2.25. The minimum Gasteiger partial charge on any atom is -0.495 e. The number of furan rings is 1. The number of methoxy groups -OCH3 is 1. The van der Waals surface area contributed by atoms with Crippen molar-refractivity contribution in [1.29, 1.82) is 0 Å². The van der Waals surface area contributed by atoms with E-state index in [0.717, 1.165) is 12.8 Å². The summed E-state index contributed by atoms with van der Waals surface area (Å²) >= 11 is 0. The lowest BCUT2D eigenvalue weighted by atomic mass is 10.3. The Kier molecular flexibility index (Phi) is 4.91. The molecular formula is C17H18N2O5S.